The molecular formula is C22H18ClN3O3S. The summed E-state index contributed by atoms with van der Waals surface area (Å²) in [6.45, 7) is 2.38. The number of hydrogen-bond donors (Lipinski definition) is 2. The lowest BCUT2D eigenvalue weighted by Crippen LogP contribution is -2.06. The van der Waals surface area contributed by atoms with Gasteiger partial charge in [-0.3, -0.25) is 0 Å². The molecule has 30 heavy (non-hydrogen) atoms. The predicted octanol–water partition coefficient (Wildman–Crippen LogP) is 5.64. The number of aromatic nitrogens is 2. The standard InChI is InChI=1S/C22H18ClN3O3S/c1-12-7-16(22(27)28)15(20-25-11-14-5-6-30-21(14)26-20)9-18(12)24-10-13-3-4-19(29-2)17(23)8-13/h3-9,11,24H,10H2,1-2H3,(H,27,28). The fourth-order valence-corrected chi connectivity index (χ4v) is 4.18. The number of hydrogen-bond acceptors (Lipinski definition) is 6. The average Bonchev–Trinajstić information content (AvgIpc) is 3.20. The monoisotopic (exact) mass is 439 g/mol. The van der Waals surface area contributed by atoms with Crippen LogP contribution in [-0.4, -0.2) is 28.2 Å². The summed E-state index contributed by atoms with van der Waals surface area (Å²) >= 11 is 7.70. The van der Waals surface area contributed by atoms with E-state index in [1.165, 1.54) is 11.3 Å². The molecule has 4 rings (SSSR count). The molecule has 6 nitrogen and oxygen atoms in total. The first kappa shape index (κ1) is 20.1. The number of carboxylic acids is 1. The zero-order chi connectivity index (χ0) is 21.3. The first-order valence-electron chi connectivity index (χ1n) is 9.11. The largest absolute Gasteiger partial charge is 0.495 e. The van der Waals surface area contributed by atoms with E-state index in [-0.39, 0.29) is 5.56 Å². The van der Waals surface area contributed by atoms with Crippen LogP contribution in [0.5, 0.6) is 5.75 Å². The molecule has 0 bridgehead atoms. The van der Waals surface area contributed by atoms with Crippen molar-refractivity contribution in [3.8, 4) is 17.1 Å². The highest BCUT2D eigenvalue weighted by molar-refractivity contribution is 7.16. The third kappa shape index (κ3) is 3.94. The van der Waals surface area contributed by atoms with Crippen LogP contribution in [0.15, 0.2) is 48.0 Å². The number of carbonyl (C=O) groups is 1. The fraction of sp³-hybridized carbons (Fsp3) is 0.136. The van der Waals surface area contributed by atoms with Crippen molar-refractivity contribution in [1.29, 1.82) is 0 Å². The maximum absolute atomic E-state index is 11.8. The Morgan fingerprint density at radius 3 is 2.83 bits per heavy atom. The van der Waals surface area contributed by atoms with Gasteiger partial charge < -0.3 is 15.2 Å². The summed E-state index contributed by atoms with van der Waals surface area (Å²) in [4.78, 5) is 21.6. The third-order valence-electron chi connectivity index (χ3n) is 4.74. The maximum Gasteiger partial charge on any atom is 0.336 e. The summed E-state index contributed by atoms with van der Waals surface area (Å²) in [5.41, 5.74) is 3.23. The summed E-state index contributed by atoms with van der Waals surface area (Å²) in [5.74, 6) is -0.0137. The van der Waals surface area contributed by atoms with Gasteiger partial charge in [-0.1, -0.05) is 17.7 Å². The van der Waals surface area contributed by atoms with Gasteiger partial charge in [-0.15, -0.1) is 11.3 Å². The van der Waals surface area contributed by atoms with Gasteiger partial charge in [0.15, 0.2) is 5.82 Å². The molecule has 8 heteroatoms. The van der Waals surface area contributed by atoms with E-state index in [4.69, 9.17) is 16.3 Å². The van der Waals surface area contributed by atoms with E-state index in [9.17, 15) is 9.90 Å². The molecule has 0 fully saturated rings. The van der Waals surface area contributed by atoms with Crippen molar-refractivity contribution >= 4 is 44.8 Å². The minimum Gasteiger partial charge on any atom is -0.495 e. The van der Waals surface area contributed by atoms with E-state index in [0.29, 0.717) is 28.7 Å². The number of ether oxygens (including phenoxy) is 1. The molecule has 0 saturated heterocycles. The SMILES string of the molecule is COc1ccc(CNc2cc(-c3ncc4ccsc4n3)c(C(=O)O)cc2C)cc1Cl. The van der Waals surface area contributed by atoms with Crippen LogP contribution in [0.3, 0.4) is 0 Å². The molecule has 0 aliphatic rings. The van der Waals surface area contributed by atoms with E-state index in [2.05, 4.69) is 15.3 Å². The summed E-state index contributed by atoms with van der Waals surface area (Å²) < 4.78 is 5.19. The van der Waals surface area contributed by atoms with Gasteiger partial charge in [-0.25, -0.2) is 14.8 Å². The smallest absolute Gasteiger partial charge is 0.336 e. The Bertz CT molecular complexity index is 1260. The number of carboxylic acid groups (broad SMARTS) is 1. The number of nitrogens with one attached hydrogen (secondary N) is 1. The number of benzene rings is 2. The Balaban J connectivity index is 1.69. The molecular weight excluding hydrogens is 422 g/mol. The quantitative estimate of drug-likeness (QED) is 0.404. The highest BCUT2D eigenvalue weighted by Gasteiger charge is 2.17. The zero-order valence-electron chi connectivity index (χ0n) is 16.3. The van der Waals surface area contributed by atoms with Crippen molar-refractivity contribution in [3.05, 3.63) is 69.7 Å². The highest BCUT2D eigenvalue weighted by Crippen LogP contribution is 2.31. The lowest BCUT2D eigenvalue weighted by atomic mass is 10.0. The summed E-state index contributed by atoms with van der Waals surface area (Å²) in [6.07, 6.45) is 1.71. The van der Waals surface area contributed by atoms with Crippen molar-refractivity contribution in [2.75, 3.05) is 12.4 Å². The summed E-state index contributed by atoms with van der Waals surface area (Å²) in [5, 5.41) is 16.5. The number of thiophene rings is 1. The zero-order valence-corrected chi connectivity index (χ0v) is 17.8. The molecule has 0 aliphatic heterocycles. The van der Waals surface area contributed by atoms with Crippen LogP contribution in [0, 0.1) is 6.92 Å². The van der Waals surface area contributed by atoms with E-state index in [1.807, 2.05) is 36.6 Å². The predicted molar refractivity (Wildman–Crippen MR) is 120 cm³/mol. The molecule has 2 heterocycles. The molecule has 0 saturated carbocycles. The fourth-order valence-electron chi connectivity index (χ4n) is 3.16. The van der Waals surface area contributed by atoms with E-state index in [1.54, 1.807) is 25.4 Å². The van der Waals surface area contributed by atoms with Gasteiger partial charge >= 0.3 is 5.97 Å². The molecule has 0 spiro atoms. The molecule has 0 aliphatic carbocycles. The van der Waals surface area contributed by atoms with Crippen LogP contribution in [0.2, 0.25) is 5.02 Å². The number of fused-ring (bicyclic) bond motifs is 1. The molecule has 0 amide bonds. The van der Waals surface area contributed by atoms with Crippen molar-refractivity contribution in [1.82, 2.24) is 9.97 Å². The Hall–Kier alpha value is -3.16. The second-order valence-electron chi connectivity index (χ2n) is 6.72. The van der Waals surface area contributed by atoms with Crippen molar-refractivity contribution in [3.63, 3.8) is 0 Å². The maximum atomic E-state index is 11.8. The van der Waals surface area contributed by atoms with Crippen LogP contribution in [0.25, 0.3) is 21.6 Å². The normalized spacial score (nSPS) is 10.9. The number of aryl methyl sites for hydroxylation is 1. The van der Waals surface area contributed by atoms with Gasteiger partial charge in [0, 0.05) is 29.4 Å². The molecule has 4 aromatic rings. The Kier molecular flexibility index (Phi) is 5.57. The molecule has 152 valence electrons. The topological polar surface area (TPSA) is 84.3 Å². The highest BCUT2D eigenvalue weighted by atomic mass is 35.5. The second-order valence-corrected chi connectivity index (χ2v) is 8.02. The van der Waals surface area contributed by atoms with Gasteiger partial charge in [0.1, 0.15) is 10.6 Å². The molecule has 0 atom stereocenters. The van der Waals surface area contributed by atoms with Crippen LogP contribution >= 0.6 is 22.9 Å². The summed E-state index contributed by atoms with van der Waals surface area (Å²) in [7, 11) is 1.57. The molecule has 2 N–H and O–H groups in total. The van der Waals surface area contributed by atoms with E-state index >= 15 is 0 Å². The average molecular weight is 440 g/mol. The van der Waals surface area contributed by atoms with Crippen LogP contribution in [0.4, 0.5) is 5.69 Å². The van der Waals surface area contributed by atoms with Crippen LogP contribution < -0.4 is 10.1 Å². The first-order valence-corrected chi connectivity index (χ1v) is 10.4. The van der Waals surface area contributed by atoms with Gasteiger partial charge in [-0.05, 0) is 53.8 Å². The first-order chi connectivity index (χ1) is 14.5. The number of anilines is 1. The van der Waals surface area contributed by atoms with Gasteiger partial charge in [0.05, 0.1) is 17.7 Å². The lowest BCUT2D eigenvalue weighted by molar-refractivity contribution is 0.0697. The second kappa shape index (κ2) is 8.30. The van der Waals surface area contributed by atoms with Gasteiger partial charge in [0.2, 0.25) is 0 Å². The van der Waals surface area contributed by atoms with Crippen molar-refractivity contribution < 1.29 is 14.6 Å². The Morgan fingerprint density at radius 2 is 2.10 bits per heavy atom. The van der Waals surface area contributed by atoms with Crippen molar-refractivity contribution in [2.24, 2.45) is 0 Å². The third-order valence-corrected chi connectivity index (χ3v) is 5.86. The van der Waals surface area contributed by atoms with E-state index < -0.39 is 5.97 Å². The van der Waals surface area contributed by atoms with Crippen LogP contribution in [0.1, 0.15) is 21.5 Å². The number of rotatable bonds is 6. The minimum atomic E-state index is -1.02. The minimum absolute atomic E-state index is 0.168. The molecule has 2 aromatic heterocycles. The van der Waals surface area contributed by atoms with Crippen molar-refractivity contribution in [2.45, 2.75) is 13.5 Å². The number of aromatic carboxylic acids is 1. The number of nitrogens with zero attached hydrogens (tertiary/aromatic N) is 2. The molecule has 0 radical (unpaired) electrons. The Morgan fingerprint density at radius 1 is 1.27 bits per heavy atom. The van der Waals surface area contributed by atoms with E-state index in [0.717, 1.165) is 27.0 Å². The lowest BCUT2D eigenvalue weighted by Gasteiger charge is -2.14. The Labute approximate surface area is 182 Å². The van der Waals surface area contributed by atoms with Gasteiger partial charge in [0.25, 0.3) is 0 Å². The molecule has 0 unspecified atom stereocenters. The number of halogens is 1. The number of methoxy groups -OCH3 is 1. The van der Waals surface area contributed by atoms with Gasteiger partial charge in [-0.2, -0.15) is 0 Å². The van der Waals surface area contributed by atoms with Crippen LogP contribution in [-0.2, 0) is 6.54 Å². The summed E-state index contributed by atoms with van der Waals surface area (Å²) in [6, 6.07) is 10.9. The molecule has 2 aromatic carbocycles.